The maximum atomic E-state index is 14.7. The van der Waals surface area contributed by atoms with Crippen LogP contribution in [0.25, 0.3) is 10.9 Å². The fourth-order valence-electron chi connectivity index (χ4n) is 2.98. The van der Waals surface area contributed by atoms with Gasteiger partial charge in [-0.3, -0.25) is 15.0 Å². The monoisotopic (exact) mass is 364 g/mol. The van der Waals surface area contributed by atoms with Crippen molar-refractivity contribution in [3.63, 3.8) is 0 Å². The van der Waals surface area contributed by atoms with E-state index in [0.29, 0.717) is 23.3 Å². The van der Waals surface area contributed by atoms with E-state index in [1.54, 1.807) is 29.8 Å². The van der Waals surface area contributed by atoms with E-state index in [2.05, 4.69) is 31.8 Å². The zero-order valence-corrected chi connectivity index (χ0v) is 14.1. The van der Waals surface area contributed by atoms with Crippen molar-refractivity contribution in [2.24, 2.45) is 0 Å². The first kappa shape index (κ1) is 16.8. The number of hydrogen-bond acceptors (Lipinski definition) is 5. The summed E-state index contributed by atoms with van der Waals surface area (Å²) in [5.41, 5.74) is 2.24. The Morgan fingerprint density at radius 1 is 1.22 bits per heavy atom. The molecule has 2 aromatic heterocycles. The molecule has 0 saturated carbocycles. The number of alkyl halides is 2. The van der Waals surface area contributed by atoms with Crippen LogP contribution in [-0.2, 0) is 12.5 Å². The summed E-state index contributed by atoms with van der Waals surface area (Å²) in [5.74, 6) is -4.18. The van der Waals surface area contributed by atoms with E-state index in [1.165, 1.54) is 12.1 Å². The Balaban J connectivity index is 1.82. The fourth-order valence-corrected chi connectivity index (χ4v) is 2.98. The lowest BCUT2D eigenvalue weighted by Crippen LogP contribution is -2.18. The van der Waals surface area contributed by atoms with Gasteiger partial charge in [0.2, 0.25) is 0 Å². The van der Waals surface area contributed by atoms with Crippen LogP contribution in [0.4, 0.5) is 8.78 Å². The average Bonchev–Trinajstić information content (AvgIpc) is 3.32. The lowest BCUT2D eigenvalue weighted by molar-refractivity contribution is 0.0324. The zero-order chi connectivity index (χ0) is 19.0. The van der Waals surface area contributed by atoms with Crippen LogP contribution in [0.2, 0.25) is 0 Å². The van der Waals surface area contributed by atoms with Crippen molar-refractivity contribution in [2.45, 2.75) is 19.4 Å². The topological polar surface area (TPSA) is 94.4 Å². The molecule has 0 bridgehead atoms. The van der Waals surface area contributed by atoms with Gasteiger partial charge in [-0.15, -0.1) is 0 Å². The van der Waals surface area contributed by atoms with E-state index < -0.39 is 11.7 Å². The summed E-state index contributed by atoms with van der Waals surface area (Å²) in [6, 6.07) is 13.5. The van der Waals surface area contributed by atoms with E-state index in [4.69, 9.17) is 0 Å². The Bertz CT molecular complexity index is 1160. The number of halogens is 2. The SMILES string of the molecule is Cc1nn(Cc2ccccc2C#N)c2cc(C(F)(F)c3nnn[n-]3)ccc12. The summed E-state index contributed by atoms with van der Waals surface area (Å²) in [4.78, 5) is 0. The molecule has 2 heterocycles. The maximum absolute atomic E-state index is 14.7. The highest BCUT2D eigenvalue weighted by molar-refractivity contribution is 5.83. The number of aryl methyl sites for hydroxylation is 1. The Kier molecular flexibility index (Phi) is 3.88. The van der Waals surface area contributed by atoms with Gasteiger partial charge in [-0.1, -0.05) is 30.3 Å². The minimum absolute atomic E-state index is 0.278. The van der Waals surface area contributed by atoms with E-state index in [9.17, 15) is 14.0 Å². The van der Waals surface area contributed by atoms with Crippen LogP contribution in [-0.4, -0.2) is 25.3 Å². The first-order valence-electron chi connectivity index (χ1n) is 8.03. The number of benzene rings is 2. The Labute approximate surface area is 152 Å². The molecule has 4 aromatic rings. The smallest absolute Gasteiger partial charge is 0.305 e. The Morgan fingerprint density at radius 3 is 2.78 bits per heavy atom. The van der Waals surface area contributed by atoms with Gasteiger partial charge in [0.25, 0.3) is 0 Å². The van der Waals surface area contributed by atoms with E-state index in [-0.39, 0.29) is 5.56 Å². The fraction of sp³-hybridized carbons (Fsp3) is 0.167. The minimum Gasteiger partial charge on any atom is -0.329 e. The molecule has 0 spiro atoms. The van der Waals surface area contributed by atoms with E-state index in [0.717, 1.165) is 10.9 Å². The molecule has 0 aliphatic heterocycles. The average molecular weight is 364 g/mol. The summed E-state index contributed by atoms with van der Waals surface area (Å²) < 4.78 is 30.9. The predicted molar refractivity (Wildman–Crippen MR) is 90.9 cm³/mol. The number of rotatable bonds is 4. The molecule has 0 N–H and O–H groups in total. The largest absolute Gasteiger partial charge is 0.329 e. The van der Waals surface area contributed by atoms with Gasteiger partial charge in [0.15, 0.2) is 0 Å². The van der Waals surface area contributed by atoms with E-state index >= 15 is 0 Å². The van der Waals surface area contributed by atoms with Crippen molar-refractivity contribution in [1.29, 1.82) is 5.26 Å². The molecule has 0 fully saturated rings. The number of aromatic nitrogens is 6. The van der Waals surface area contributed by atoms with Gasteiger partial charge in [-0.2, -0.15) is 24.4 Å². The first-order chi connectivity index (χ1) is 13.0. The lowest BCUT2D eigenvalue weighted by Gasteiger charge is -2.17. The summed E-state index contributed by atoms with van der Waals surface area (Å²) in [7, 11) is 0. The maximum Gasteiger partial charge on any atom is 0.305 e. The normalized spacial score (nSPS) is 11.6. The molecule has 27 heavy (non-hydrogen) atoms. The second-order valence-electron chi connectivity index (χ2n) is 6.02. The van der Waals surface area contributed by atoms with E-state index in [1.807, 2.05) is 12.1 Å². The first-order valence-corrected chi connectivity index (χ1v) is 8.03. The Morgan fingerprint density at radius 2 is 2.04 bits per heavy atom. The van der Waals surface area contributed by atoms with Crippen LogP contribution < -0.4 is 5.10 Å². The van der Waals surface area contributed by atoms with Crippen molar-refractivity contribution in [3.05, 3.63) is 70.7 Å². The highest BCUT2D eigenvalue weighted by atomic mass is 19.3. The van der Waals surface area contributed by atoms with Gasteiger partial charge in [0.1, 0.15) is 0 Å². The molecule has 0 aliphatic rings. The van der Waals surface area contributed by atoms with Crippen molar-refractivity contribution < 1.29 is 8.78 Å². The molecule has 0 saturated heterocycles. The zero-order valence-electron chi connectivity index (χ0n) is 14.1. The lowest BCUT2D eigenvalue weighted by atomic mass is 10.0. The molecular weight excluding hydrogens is 352 g/mol. The van der Waals surface area contributed by atoms with Crippen molar-refractivity contribution in [2.75, 3.05) is 0 Å². The van der Waals surface area contributed by atoms with Crippen LogP contribution in [0.3, 0.4) is 0 Å². The molecule has 4 rings (SSSR count). The number of fused-ring (bicyclic) bond motifs is 1. The quantitative estimate of drug-likeness (QED) is 0.552. The highest BCUT2D eigenvalue weighted by Crippen LogP contribution is 2.34. The standard InChI is InChI=1S/C18H12F2N7/c1-11-15-7-6-14(18(19,20)17-22-25-26-23-17)8-16(15)27(24-11)10-13-5-3-2-4-12(13)9-21/h2-8H,10H2,1H3/q-1. The summed E-state index contributed by atoms with van der Waals surface area (Å²) in [6.45, 7) is 2.10. The minimum atomic E-state index is -3.43. The molecule has 0 atom stereocenters. The molecule has 0 amide bonds. The van der Waals surface area contributed by atoms with Gasteiger partial charge >= 0.3 is 5.92 Å². The molecule has 2 aromatic carbocycles. The molecule has 9 heteroatoms. The summed E-state index contributed by atoms with van der Waals surface area (Å²) >= 11 is 0. The van der Waals surface area contributed by atoms with Gasteiger partial charge in [0, 0.05) is 10.9 Å². The third-order valence-electron chi connectivity index (χ3n) is 4.36. The summed E-state index contributed by atoms with van der Waals surface area (Å²) in [6.07, 6.45) is 0. The second-order valence-corrected chi connectivity index (χ2v) is 6.02. The van der Waals surface area contributed by atoms with Crippen LogP contribution in [0, 0.1) is 18.3 Å². The Hall–Kier alpha value is -3.67. The van der Waals surface area contributed by atoms with Crippen molar-refractivity contribution in [1.82, 2.24) is 30.4 Å². The highest BCUT2D eigenvalue weighted by Gasteiger charge is 2.34. The molecule has 0 unspecified atom stereocenters. The molecule has 0 aliphatic carbocycles. The van der Waals surface area contributed by atoms with Gasteiger partial charge in [-0.05, 0) is 24.6 Å². The van der Waals surface area contributed by atoms with Crippen molar-refractivity contribution >= 4 is 10.9 Å². The molecule has 134 valence electrons. The number of nitriles is 1. The van der Waals surface area contributed by atoms with Crippen LogP contribution in [0.1, 0.15) is 28.2 Å². The van der Waals surface area contributed by atoms with Crippen LogP contribution >= 0.6 is 0 Å². The van der Waals surface area contributed by atoms with Crippen LogP contribution in [0.15, 0.2) is 42.5 Å². The molecule has 0 radical (unpaired) electrons. The third-order valence-corrected chi connectivity index (χ3v) is 4.36. The second kappa shape index (κ2) is 6.25. The van der Waals surface area contributed by atoms with Crippen molar-refractivity contribution in [3.8, 4) is 6.07 Å². The van der Waals surface area contributed by atoms with Gasteiger partial charge < -0.3 is 5.10 Å². The number of nitrogens with zero attached hydrogens (tertiary/aromatic N) is 7. The number of hydrogen-bond donors (Lipinski definition) is 0. The summed E-state index contributed by atoms with van der Waals surface area (Å²) in [5, 5.41) is 27.3. The van der Waals surface area contributed by atoms with Gasteiger partial charge in [0.05, 0.1) is 35.2 Å². The third kappa shape index (κ3) is 2.81. The molecule has 7 nitrogen and oxygen atoms in total. The number of tetrazole rings is 1. The van der Waals surface area contributed by atoms with Crippen LogP contribution in [0.5, 0.6) is 0 Å². The van der Waals surface area contributed by atoms with Gasteiger partial charge in [-0.25, -0.2) is 0 Å². The predicted octanol–water partition coefficient (Wildman–Crippen LogP) is 2.55. The molecular formula is C18H12F2N7-.